The molecule has 1 saturated carbocycles. The molecular formula is C16H32N2. The number of likely N-dealkylation sites (tertiary alicyclic amines) is 1. The molecule has 1 heterocycles. The highest BCUT2D eigenvalue weighted by Crippen LogP contribution is 2.22. The van der Waals surface area contributed by atoms with E-state index >= 15 is 0 Å². The Morgan fingerprint density at radius 1 is 0.944 bits per heavy atom. The highest BCUT2D eigenvalue weighted by molar-refractivity contribution is 4.82. The summed E-state index contributed by atoms with van der Waals surface area (Å²) in [5.41, 5.74) is 0. The summed E-state index contributed by atoms with van der Waals surface area (Å²) in [6.45, 7) is 5.01. The fourth-order valence-corrected chi connectivity index (χ4v) is 3.75. The maximum Gasteiger partial charge on any atom is 0.00818 e. The summed E-state index contributed by atoms with van der Waals surface area (Å²) in [4.78, 5) is 2.50. The predicted molar refractivity (Wildman–Crippen MR) is 78.9 cm³/mol. The zero-order chi connectivity index (χ0) is 12.8. The van der Waals surface area contributed by atoms with E-state index in [1.165, 1.54) is 70.9 Å². The first-order valence-corrected chi connectivity index (χ1v) is 8.20. The van der Waals surface area contributed by atoms with Crippen LogP contribution in [0.4, 0.5) is 0 Å². The van der Waals surface area contributed by atoms with Gasteiger partial charge in [-0.2, -0.15) is 0 Å². The number of hydrogen-bond acceptors (Lipinski definition) is 2. The minimum absolute atomic E-state index is 0.706. The second-order valence-electron chi connectivity index (χ2n) is 6.66. The van der Waals surface area contributed by atoms with Crippen LogP contribution in [0.15, 0.2) is 0 Å². The molecule has 2 atom stereocenters. The normalized spacial score (nSPS) is 30.7. The molecule has 1 aliphatic carbocycles. The van der Waals surface area contributed by atoms with Crippen molar-refractivity contribution in [2.24, 2.45) is 5.92 Å². The van der Waals surface area contributed by atoms with Crippen LogP contribution in [-0.4, -0.2) is 37.1 Å². The van der Waals surface area contributed by atoms with E-state index in [1.807, 2.05) is 0 Å². The quantitative estimate of drug-likeness (QED) is 0.828. The molecule has 0 aromatic carbocycles. The average Bonchev–Trinajstić information content (AvgIpc) is 2.32. The van der Waals surface area contributed by atoms with Gasteiger partial charge in [-0.25, -0.2) is 0 Å². The van der Waals surface area contributed by atoms with Crippen LogP contribution < -0.4 is 5.32 Å². The van der Waals surface area contributed by atoms with Gasteiger partial charge >= 0.3 is 0 Å². The van der Waals surface area contributed by atoms with E-state index in [0.717, 1.165) is 12.0 Å². The maximum absolute atomic E-state index is 3.95. The average molecular weight is 252 g/mol. The van der Waals surface area contributed by atoms with Gasteiger partial charge in [-0.1, -0.05) is 32.1 Å². The summed E-state index contributed by atoms with van der Waals surface area (Å²) in [5, 5.41) is 3.95. The van der Waals surface area contributed by atoms with Gasteiger partial charge in [-0.15, -0.1) is 0 Å². The zero-order valence-corrected chi connectivity index (χ0v) is 12.5. The van der Waals surface area contributed by atoms with Crippen molar-refractivity contribution < 1.29 is 0 Å². The van der Waals surface area contributed by atoms with E-state index in [1.54, 1.807) is 0 Å². The molecule has 0 radical (unpaired) electrons. The number of nitrogens with zero attached hydrogens (tertiary/aromatic N) is 1. The van der Waals surface area contributed by atoms with Crippen molar-refractivity contribution in [2.75, 3.05) is 20.1 Å². The topological polar surface area (TPSA) is 15.3 Å². The SMILES string of the molecule is CC(NC1CCCCCCC1)C1CCCN(C)C1. The molecule has 2 fully saturated rings. The summed E-state index contributed by atoms with van der Waals surface area (Å²) in [7, 11) is 2.27. The first-order valence-electron chi connectivity index (χ1n) is 8.20. The Balaban J connectivity index is 1.75. The Bertz CT molecular complexity index is 221. The van der Waals surface area contributed by atoms with Gasteiger partial charge in [-0.3, -0.25) is 0 Å². The lowest BCUT2D eigenvalue weighted by molar-refractivity contribution is 0.169. The van der Waals surface area contributed by atoms with E-state index in [9.17, 15) is 0 Å². The Hall–Kier alpha value is -0.0800. The van der Waals surface area contributed by atoms with Gasteiger partial charge in [0.2, 0.25) is 0 Å². The molecule has 2 heteroatoms. The van der Waals surface area contributed by atoms with E-state index in [4.69, 9.17) is 0 Å². The van der Waals surface area contributed by atoms with Crippen molar-refractivity contribution in [3.63, 3.8) is 0 Å². The van der Waals surface area contributed by atoms with Gasteiger partial charge in [0.15, 0.2) is 0 Å². The minimum atomic E-state index is 0.706. The van der Waals surface area contributed by atoms with Gasteiger partial charge in [0.1, 0.15) is 0 Å². The van der Waals surface area contributed by atoms with Gasteiger partial charge < -0.3 is 10.2 Å². The van der Waals surface area contributed by atoms with Crippen molar-refractivity contribution in [3.05, 3.63) is 0 Å². The van der Waals surface area contributed by atoms with Crippen molar-refractivity contribution in [3.8, 4) is 0 Å². The second-order valence-corrected chi connectivity index (χ2v) is 6.66. The third kappa shape index (κ3) is 4.55. The third-order valence-electron chi connectivity index (χ3n) is 4.97. The number of piperidine rings is 1. The number of rotatable bonds is 3. The van der Waals surface area contributed by atoms with Crippen molar-refractivity contribution in [1.82, 2.24) is 10.2 Å². The Kier molecular flexibility index (Phi) is 5.97. The number of nitrogens with one attached hydrogen (secondary N) is 1. The fourth-order valence-electron chi connectivity index (χ4n) is 3.75. The van der Waals surface area contributed by atoms with Crippen LogP contribution in [0.2, 0.25) is 0 Å². The predicted octanol–water partition coefficient (Wildman–Crippen LogP) is 3.42. The highest BCUT2D eigenvalue weighted by atomic mass is 15.1. The highest BCUT2D eigenvalue weighted by Gasteiger charge is 2.24. The largest absolute Gasteiger partial charge is 0.311 e. The molecule has 2 rings (SSSR count). The second kappa shape index (κ2) is 7.49. The van der Waals surface area contributed by atoms with Crippen molar-refractivity contribution in [2.45, 2.75) is 76.8 Å². The zero-order valence-electron chi connectivity index (χ0n) is 12.5. The van der Waals surface area contributed by atoms with Crippen LogP contribution in [0.3, 0.4) is 0 Å². The van der Waals surface area contributed by atoms with Gasteiger partial charge in [0.25, 0.3) is 0 Å². The standard InChI is InChI=1S/C16H32N2/c1-14(15-9-8-12-18(2)13-15)17-16-10-6-4-3-5-7-11-16/h14-17H,3-13H2,1-2H3. The van der Waals surface area contributed by atoms with Crippen molar-refractivity contribution in [1.29, 1.82) is 0 Å². The van der Waals surface area contributed by atoms with E-state index in [0.29, 0.717) is 6.04 Å². The third-order valence-corrected chi connectivity index (χ3v) is 4.97. The molecule has 1 saturated heterocycles. The Morgan fingerprint density at radius 2 is 1.61 bits per heavy atom. The number of hydrogen-bond donors (Lipinski definition) is 1. The van der Waals surface area contributed by atoms with E-state index < -0.39 is 0 Å². The molecule has 0 spiro atoms. The lowest BCUT2D eigenvalue weighted by Crippen LogP contribution is -2.46. The molecule has 2 nitrogen and oxygen atoms in total. The minimum Gasteiger partial charge on any atom is -0.311 e. The maximum atomic E-state index is 3.95. The molecule has 0 bridgehead atoms. The lowest BCUT2D eigenvalue weighted by atomic mass is 9.90. The smallest absolute Gasteiger partial charge is 0.00818 e. The Labute approximate surface area is 114 Å². The summed E-state index contributed by atoms with van der Waals surface area (Å²) < 4.78 is 0. The molecule has 2 unspecified atom stereocenters. The van der Waals surface area contributed by atoms with Crippen LogP contribution in [-0.2, 0) is 0 Å². The van der Waals surface area contributed by atoms with Crippen LogP contribution in [0.1, 0.15) is 64.7 Å². The van der Waals surface area contributed by atoms with E-state index in [2.05, 4.69) is 24.2 Å². The van der Waals surface area contributed by atoms with Crippen LogP contribution in [0.5, 0.6) is 0 Å². The summed E-state index contributed by atoms with van der Waals surface area (Å²) in [6, 6.07) is 1.50. The molecule has 106 valence electrons. The molecule has 0 aromatic heterocycles. The van der Waals surface area contributed by atoms with Gasteiger partial charge in [-0.05, 0) is 52.1 Å². The molecule has 2 aliphatic rings. The summed E-state index contributed by atoms with van der Waals surface area (Å²) in [5.74, 6) is 0.870. The van der Waals surface area contributed by atoms with Gasteiger partial charge in [0, 0.05) is 18.6 Å². The monoisotopic (exact) mass is 252 g/mol. The van der Waals surface area contributed by atoms with Crippen LogP contribution >= 0.6 is 0 Å². The van der Waals surface area contributed by atoms with Crippen LogP contribution in [0.25, 0.3) is 0 Å². The fraction of sp³-hybridized carbons (Fsp3) is 1.00. The lowest BCUT2D eigenvalue weighted by Gasteiger charge is -2.36. The molecule has 18 heavy (non-hydrogen) atoms. The molecule has 1 N–H and O–H groups in total. The Morgan fingerprint density at radius 3 is 2.28 bits per heavy atom. The van der Waals surface area contributed by atoms with Gasteiger partial charge in [0.05, 0.1) is 0 Å². The van der Waals surface area contributed by atoms with Crippen LogP contribution in [0, 0.1) is 5.92 Å². The summed E-state index contributed by atoms with van der Waals surface area (Å²) >= 11 is 0. The molecule has 0 amide bonds. The molecule has 0 aromatic rings. The molecule has 1 aliphatic heterocycles. The first-order chi connectivity index (χ1) is 8.75. The molecular weight excluding hydrogens is 220 g/mol. The van der Waals surface area contributed by atoms with Crippen molar-refractivity contribution >= 4 is 0 Å². The first kappa shape index (κ1) is 14.3. The summed E-state index contributed by atoms with van der Waals surface area (Å²) in [6.07, 6.45) is 12.9. The van der Waals surface area contributed by atoms with E-state index in [-0.39, 0.29) is 0 Å².